The molecule has 5 aromatic rings. The highest BCUT2D eigenvalue weighted by Gasteiger charge is 2.32. The summed E-state index contributed by atoms with van der Waals surface area (Å²) >= 11 is 4.78. The number of aromatic nitrogens is 1. The van der Waals surface area contributed by atoms with Crippen molar-refractivity contribution in [3.63, 3.8) is 0 Å². The van der Waals surface area contributed by atoms with Crippen LogP contribution in [0.3, 0.4) is 0 Å². The molecule has 1 N–H and O–H groups in total. The van der Waals surface area contributed by atoms with Gasteiger partial charge in [0, 0.05) is 21.3 Å². The number of para-hydroxylation sites is 1. The minimum atomic E-state index is -0.728. The fraction of sp³-hybridized carbons (Fsp3) is 0.111. The van der Waals surface area contributed by atoms with Gasteiger partial charge in [-0.3, -0.25) is 14.2 Å². The Bertz CT molecular complexity index is 2200. The van der Waals surface area contributed by atoms with Crippen LogP contribution in [0, 0.1) is 11.3 Å². The van der Waals surface area contributed by atoms with E-state index in [1.165, 1.54) is 11.3 Å². The van der Waals surface area contributed by atoms with Crippen molar-refractivity contribution in [2.45, 2.75) is 19.6 Å². The van der Waals surface area contributed by atoms with Gasteiger partial charge in [0.05, 0.1) is 40.6 Å². The lowest BCUT2D eigenvalue weighted by atomic mass is 9.95. The van der Waals surface area contributed by atoms with Gasteiger partial charge in [0.15, 0.2) is 4.80 Å². The number of fused-ring (bicyclic) bond motifs is 1. The lowest BCUT2D eigenvalue weighted by Crippen LogP contribution is -2.40. The lowest BCUT2D eigenvalue weighted by molar-refractivity contribution is -0.113. The van der Waals surface area contributed by atoms with E-state index in [0.717, 1.165) is 15.6 Å². The minimum Gasteiger partial charge on any atom is -0.497 e. The first-order chi connectivity index (χ1) is 22.4. The molecular weight excluding hydrogens is 664 g/mol. The summed E-state index contributed by atoms with van der Waals surface area (Å²) in [4.78, 5) is 33.3. The Hall–Kier alpha value is -5.24. The van der Waals surface area contributed by atoms with E-state index in [4.69, 9.17) is 14.5 Å². The van der Waals surface area contributed by atoms with Crippen LogP contribution in [0.25, 0.3) is 6.08 Å². The van der Waals surface area contributed by atoms with E-state index in [9.17, 15) is 14.9 Å². The number of nitrogens with zero attached hydrogens (tertiary/aromatic N) is 3. The standard InChI is InChI=1S/C36H27BrN4O4S/c1-22-32(34(42)40-28-10-4-3-5-11-28)33(23-12-15-29(44-2)16-13-23)41-35(43)31(46-36(41)39-22)19-26-18-27(37)14-17-30(26)45-21-25-9-7-6-8-24(25)20-38/h3-19,33H,21H2,1-2H3,(H,40,42)/b31-19+/t33-/m1/s1. The van der Waals surface area contributed by atoms with Crippen molar-refractivity contribution in [3.05, 3.63) is 155 Å². The van der Waals surface area contributed by atoms with Crippen molar-refractivity contribution in [2.75, 3.05) is 12.4 Å². The van der Waals surface area contributed by atoms with E-state index >= 15 is 0 Å². The normalized spacial score (nSPS) is 14.2. The molecular formula is C36H27BrN4O4S. The summed E-state index contributed by atoms with van der Waals surface area (Å²) < 4.78 is 14.3. The average molecular weight is 692 g/mol. The van der Waals surface area contributed by atoms with Crippen molar-refractivity contribution in [1.82, 2.24) is 4.57 Å². The quantitative estimate of drug-likeness (QED) is 0.212. The first-order valence-electron chi connectivity index (χ1n) is 14.3. The second-order valence-corrected chi connectivity index (χ2v) is 12.3. The van der Waals surface area contributed by atoms with E-state index in [2.05, 4.69) is 27.3 Å². The van der Waals surface area contributed by atoms with Gasteiger partial charge < -0.3 is 14.8 Å². The molecule has 1 amide bonds. The zero-order valence-corrected chi connectivity index (χ0v) is 27.3. The summed E-state index contributed by atoms with van der Waals surface area (Å²) in [6.45, 7) is 1.97. The number of halogens is 1. The number of carbonyl (C=O) groups is 1. The molecule has 0 aliphatic carbocycles. The molecule has 6 rings (SSSR count). The third kappa shape index (κ3) is 6.29. The maximum absolute atomic E-state index is 14.2. The summed E-state index contributed by atoms with van der Waals surface area (Å²) in [6.07, 6.45) is 1.77. The van der Waals surface area contributed by atoms with E-state index in [0.29, 0.717) is 48.9 Å². The number of allylic oxidation sites excluding steroid dienone is 1. The zero-order chi connectivity index (χ0) is 32.2. The van der Waals surface area contributed by atoms with Crippen LogP contribution in [-0.2, 0) is 11.4 Å². The summed E-state index contributed by atoms with van der Waals surface area (Å²) in [7, 11) is 1.59. The SMILES string of the molecule is COc1ccc([C@@H]2C(C(=O)Nc3ccccc3)=C(C)N=c3s/c(=C/c4cc(Br)ccc4OCc4ccccc4C#N)c(=O)n32)cc1. The lowest BCUT2D eigenvalue weighted by Gasteiger charge is -2.25. The van der Waals surface area contributed by atoms with Gasteiger partial charge in [-0.25, -0.2) is 4.99 Å². The number of benzene rings is 4. The summed E-state index contributed by atoms with van der Waals surface area (Å²) in [5.74, 6) is 0.863. The first kappa shape index (κ1) is 30.8. The Morgan fingerprint density at radius 2 is 1.80 bits per heavy atom. The number of rotatable bonds is 8. The molecule has 0 unspecified atom stereocenters. The number of hydrogen-bond donors (Lipinski definition) is 1. The van der Waals surface area contributed by atoms with E-state index < -0.39 is 6.04 Å². The Morgan fingerprint density at radius 3 is 2.54 bits per heavy atom. The number of ether oxygens (including phenoxy) is 2. The second kappa shape index (κ2) is 13.4. The zero-order valence-electron chi connectivity index (χ0n) is 24.9. The smallest absolute Gasteiger partial charge is 0.271 e. The number of amides is 1. The van der Waals surface area contributed by atoms with E-state index in [1.807, 2.05) is 91.0 Å². The molecule has 0 fully saturated rings. The fourth-order valence-electron chi connectivity index (χ4n) is 5.25. The Kier molecular flexibility index (Phi) is 8.97. The third-order valence-corrected chi connectivity index (χ3v) is 8.99. The van der Waals surface area contributed by atoms with Gasteiger partial charge in [-0.15, -0.1) is 0 Å². The molecule has 1 aliphatic heterocycles. The summed E-state index contributed by atoms with van der Waals surface area (Å²) in [5, 5.41) is 12.5. The molecule has 228 valence electrons. The highest BCUT2D eigenvalue weighted by Crippen LogP contribution is 2.32. The molecule has 0 saturated carbocycles. The van der Waals surface area contributed by atoms with Gasteiger partial charge in [-0.1, -0.05) is 75.8 Å². The van der Waals surface area contributed by atoms with Crippen LogP contribution in [0.5, 0.6) is 11.5 Å². The summed E-state index contributed by atoms with van der Waals surface area (Å²) in [6, 6.07) is 30.8. The predicted octanol–water partition coefficient (Wildman–Crippen LogP) is 6.10. The molecule has 0 radical (unpaired) electrons. The number of methoxy groups -OCH3 is 1. The second-order valence-electron chi connectivity index (χ2n) is 10.4. The number of nitriles is 1. The number of hydrogen-bond acceptors (Lipinski definition) is 7. The molecule has 2 heterocycles. The Morgan fingerprint density at radius 1 is 1.07 bits per heavy atom. The van der Waals surface area contributed by atoms with E-state index in [1.54, 1.807) is 30.7 Å². The van der Waals surface area contributed by atoms with Crippen LogP contribution in [0.4, 0.5) is 5.69 Å². The number of anilines is 1. The minimum absolute atomic E-state index is 0.185. The molecule has 0 bridgehead atoms. The van der Waals surface area contributed by atoms with Crippen LogP contribution in [0.2, 0.25) is 0 Å². The molecule has 4 aromatic carbocycles. The van der Waals surface area contributed by atoms with Gasteiger partial charge in [-0.2, -0.15) is 5.26 Å². The molecule has 0 saturated heterocycles. The Labute approximate surface area is 277 Å². The van der Waals surface area contributed by atoms with Gasteiger partial charge in [-0.05, 0) is 67.1 Å². The highest BCUT2D eigenvalue weighted by atomic mass is 79.9. The monoisotopic (exact) mass is 690 g/mol. The molecule has 1 aliphatic rings. The first-order valence-corrected chi connectivity index (χ1v) is 15.9. The molecule has 8 nitrogen and oxygen atoms in total. The molecule has 46 heavy (non-hydrogen) atoms. The van der Waals surface area contributed by atoms with Crippen LogP contribution in [-0.4, -0.2) is 17.6 Å². The third-order valence-electron chi connectivity index (χ3n) is 7.51. The van der Waals surface area contributed by atoms with Gasteiger partial charge in [0.25, 0.3) is 11.5 Å². The predicted molar refractivity (Wildman–Crippen MR) is 181 cm³/mol. The van der Waals surface area contributed by atoms with Crippen LogP contribution >= 0.6 is 27.3 Å². The maximum Gasteiger partial charge on any atom is 0.271 e. The molecule has 10 heteroatoms. The largest absolute Gasteiger partial charge is 0.497 e. The number of carbonyl (C=O) groups excluding carboxylic acids is 1. The highest BCUT2D eigenvalue weighted by molar-refractivity contribution is 9.10. The topological polar surface area (TPSA) is 106 Å². The van der Waals surface area contributed by atoms with Crippen molar-refractivity contribution in [1.29, 1.82) is 5.26 Å². The molecule has 1 atom stereocenters. The molecule has 1 aromatic heterocycles. The maximum atomic E-state index is 14.2. The van der Waals surface area contributed by atoms with Crippen molar-refractivity contribution < 1.29 is 14.3 Å². The van der Waals surface area contributed by atoms with E-state index in [-0.39, 0.29) is 18.1 Å². The number of nitrogens with one attached hydrogen (secondary N) is 1. The van der Waals surface area contributed by atoms with Crippen LogP contribution in [0.1, 0.15) is 35.2 Å². The fourth-order valence-corrected chi connectivity index (χ4v) is 6.67. The van der Waals surface area contributed by atoms with Crippen LogP contribution < -0.4 is 29.7 Å². The van der Waals surface area contributed by atoms with Crippen molar-refractivity contribution in [3.8, 4) is 17.6 Å². The van der Waals surface area contributed by atoms with Gasteiger partial charge in [0.2, 0.25) is 0 Å². The number of thiazole rings is 1. The molecule has 0 spiro atoms. The Balaban J connectivity index is 1.44. The summed E-state index contributed by atoms with van der Waals surface area (Å²) in [5.41, 5.74) is 3.95. The van der Waals surface area contributed by atoms with Gasteiger partial charge >= 0.3 is 0 Å². The van der Waals surface area contributed by atoms with Gasteiger partial charge in [0.1, 0.15) is 18.1 Å². The van der Waals surface area contributed by atoms with Crippen molar-refractivity contribution >= 4 is 44.9 Å². The van der Waals surface area contributed by atoms with Crippen molar-refractivity contribution in [2.24, 2.45) is 4.99 Å². The van der Waals surface area contributed by atoms with Crippen LogP contribution in [0.15, 0.2) is 123 Å². The average Bonchev–Trinajstić information content (AvgIpc) is 3.37.